The lowest BCUT2D eigenvalue weighted by Gasteiger charge is -2.16. The molecule has 0 aliphatic carbocycles. The first-order valence-electron chi connectivity index (χ1n) is 7.95. The molecule has 0 bridgehead atoms. The summed E-state index contributed by atoms with van der Waals surface area (Å²) in [6, 6.07) is 4.88. The normalized spacial score (nSPS) is 14.0. The zero-order valence-corrected chi connectivity index (χ0v) is 14.1. The van der Waals surface area contributed by atoms with Gasteiger partial charge in [-0.15, -0.1) is 0 Å². The van der Waals surface area contributed by atoms with Crippen LogP contribution >= 0.6 is 0 Å². The van der Waals surface area contributed by atoms with E-state index in [1.165, 1.54) is 6.08 Å². The monoisotopic (exact) mass is 334 g/mol. The van der Waals surface area contributed by atoms with E-state index in [-0.39, 0.29) is 6.79 Å². The first-order chi connectivity index (χ1) is 11.5. The van der Waals surface area contributed by atoms with Crippen LogP contribution in [0.4, 0.5) is 0 Å². The minimum Gasteiger partial charge on any atom is -0.463 e. The average Bonchev–Trinajstić information content (AvgIpc) is 2.99. The Balaban J connectivity index is 2.04. The Bertz CT molecular complexity index is 620. The number of hydrogen-bond acceptors (Lipinski definition) is 6. The van der Waals surface area contributed by atoms with Crippen molar-refractivity contribution in [2.45, 2.75) is 33.3 Å². The van der Waals surface area contributed by atoms with Crippen molar-refractivity contribution in [2.24, 2.45) is 5.92 Å². The van der Waals surface area contributed by atoms with Gasteiger partial charge in [0, 0.05) is 6.08 Å². The summed E-state index contributed by atoms with van der Waals surface area (Å²) in [4.78, 5) is 23.8. The number of esters is 2. The fourth-order valence-corrected chi connectivity index (χ4v) is 2.24. The van der Waals surface area contributed by atoms with Gasteiger partial charge in [0.2, 0.25) is 6.79 Å². The molecule has 0 unspecified atom stereocenters. The standard InChI is InChI=1S/C18H22O6/c1-4-21-17(19)8-6-14(9-12(2)3)24-18(20)13-5-7-15-16(10-13)23-11-22-15/h5-8,10,12,14H,4,9,11H2,1-3H3/b8-6+/t14-/m1/s1. The van der Waals surface area contributed by atoms with Crippen LogP contribution in [-0.4, -0.2) is 31.4 Å². The summed E-state index contributed by atoms with van der Waals surface area (Å²) in [5.41, 5.74) is 0.373. The van der Waals surface area contributed by atoms with E-state index in [1.807, 2.05) is 13.8 Å². The number of hydrogen-bond donors (Lipinski definition) is 0. The summed E-state index contributed by atoms with van der Waals surface area (Å²) in [5, 5.41) is 0. The number of ether oxygens (including phenoxy) is 4. The largest absolute Gasteiger partial charge is 0.463 e. The molecule has 130 valence electrons. The molecule has 0 aromatic heterocycles. The number of carbonyl (C=O) groups excluding carboxylic acids is 2. The molecule has 1 aliphatic rings. The SMILES string of the molecule is CCOC(=O)/C=C/[C@H](CC(C)C)OC(=O)c1ccc2c(c1)OCO2. The van der Waals surface area contributed by atoms with Crippen molar-refractivity contribution in [1.29, 1.82) is 0 Å². The lowest BCUT2D eigenvalue weighted by molar-refractivity contribution is -0.137. The fraction of sp³-hybridized carbons (Fsp3) is 0.444. The molecule has 0 spiro atoms. The van der Waals surface area contributed by atoms with Gasteiger partial charge in [-0.25, -0.2) is 9.59 Å². The molecule has 1 heterocycles. The van der Waals surface area contributed by atoms with Crippen LogP contribution < -0.4 is 9.47 Å². The molecule has 0 saturated carbocycles. The Morgan fingerprint density at radius 2 is 2.00 bits per heavy atom. The third-order valence-electron chi connectivity index (χ3n) is 3.30. The van der Waals surface area contributed by atoms with E-state index in [0.717, 1.165) is 0 Å². The van der Waals surface area contributed by atoms with Gasteiger partial charge in [0.25, 0.3) is 0 Å². The van der Waals surface area contributed by atoms with Crippen LogP contribution in [0.1, 0.15) is 37.6 Å². The van der Waals surface area contributed by atoms with Gasteiger partial charge in [-0.05, 0) is 43.5 Å². The van der Waals surface area contributed by atoms with Gasteiger partial charge >= 0.3 is 11.9 Å². The zero-order valence-electron chi connectivity index (χ0n) is 14.1. The molecule has 6 heteroatoms. The van der Waals surface area contributed by atoms with Gasteiger partial charge in [-0.1, -0.05) is 13.8 Å². The third kappa shape index (κ3) is 5.01. The molecule has 1 atom stereocenters. The molecular formula is C18H22O6. The molecule has 1 aliphatic heterocycles. The fourth-order valence-electron chi connectivity index (χ4n) is 2.24. The Kier molecular flexibility index (Phi) is 6.23. The predicted molar refractivity (Wildman–Crippen MR) is 87.0 cm³/mol. The van der Waals surface area contributed by atoms with Crippen LogP contribution in [0.3, 0.4) is 0 Å². The number of fused-ring (bicyclic) bond motifs is 1. The summed E-state index contributed by atoms with van der Waals surface area (Å²) < 4.78 is 20.8. The Labute approximate surface area is 141 Å². The Morgan fingerprint density at radius 3 is 2.71 bits per heavy atom. The summed E-state index contributed by atoms with van der Waals surface area (Å²) in [6.07, 6.45) is 2.95. The highest BCUT2D eigenvalue weighted by Gasteiger charge is 2.19. The van der Waals surface area contributed by atoms with Crippen LogP contribution in [0.25, 0.3) is 0 Å². The van der Waals surface area contributed by atoms with E-state index in [4.69, 9.17) is 18.9 Å². The molecule has 0 radical (unpaired) electrons. The van der Waals surface area contributed by atoms with Gasteiger partial charge in [-0.3, -0.25) is 0 Å². The summed E-state index contributed by atoms with van der Waals surface area (Å²) in [6.45, 7) is 6.21. The minimum absolute atomic E-state index is 0.145. The van der Waals surface area contributed by atoms with Crippen LogP contribution in [0, 0.1) is 5.92 Å². The number of carbonyl (C=O) groups is 2. The second-order valence-corrected chi connectivity index (χ2v) is 5.75. The maximum absolute atomic E-state index is 12.3. The average molecular weight is 334 g/mol. The Hall–Kier alpha value is -2.50. The van der Waals surface area contributed by atoms with E-state index in [2.05, 4.69) is 0 Å². The lowest BCUT2D eigenvalue weighted by Crippen LogP contribution is -2.19. The van der Waals surface area contributed by atoms with E-state index >= 15 is 0 Å². The van der Waals surface area contributed by atoms with Crippen LogP contribution in [-0.2, 0) is 14.3 Å². The van der Waals surface area contributed by atoms with Crippen LogP contribution in [0.5, 0.6) is 11.5 Å². The highest BCUT2D eigenvalue weighted by molar-refractivity contribution is 5.90. The highest BCUT2D eigenvalue weighted by atomic mass is 16.7. The van der Waals surface area contributed by atoms with Gasteiger partial charge in [0.05, 0.1) is 12.2 Å². The number of rotatable bonds is 7. The van der Waals surface area contributed by atoms with Crippen molar-refractivity contribution in [1.82, 2.24) is 0 Å². The second-order valence-electron chi connectivity index (χ2n) is 5.75. The topological polar surface area (TPSA) is 71.1 Å². The molecular weight excluding hydrogens is 312 g/mol. The van der Waals surface area contributed by atoms with E-state index in [0.29, 0.717) is 36.0 Å². The first-order valence-corrected chi connectivity index (χ1v) is 7.95. The molecule has 0 saturated heterocycles. The van der Waals surface area contributed by atoms with Crippen molar-refractivity contribution in [2.75, 3.05) is 13.4 Å². The van der Waals surface area contributed by atoms with Crippen molar-refractivity contribution in [3.05, 3.63) is 35.9 Å². The smallest absolute Gasteiger partial charge is 0.338 e. The maximum Gasteiger partial charge on any atom is 0.338 e. The van der Waals surface area contributed by atoms with Crippen molar-refractivity contribution < 1.29 is 28.5 Å². The van der Waals surface area contributed by atoms with E-state index < -0.39 is 18.0 Å². The molecule has 1 aromatic carbocycles. The van der Waals surface area contributed by atoms with Crippen molar-refractivity contribution >= 4 is 11.9 Å². The predicted octanol–water partition coefficient (Wildman–Crippen LogP) is 3.11. The quantitative estimate of drug-likeness (QED) is 0.564. The van der Waals surface area contributed by atoms with Gasteiger partial charge in [0.1, 0.15) is 6.10 Å². The van der Waals surface area contributed by atoms with Crippen molar-refractivity contribution in [3.8, 4) is 11.5 Å². The van der Waals surface area contributed by atoms with Crippen molar-refractivity contribution in [3.63, 3.8) is 0 Å². The third-order valence-corrected chi connectivity index (χ3v) is 3.30. The minimum atomic E-state index is -0.507. The molecule has 24 heavy (non-hydrogen) atoms. The maximum atomic E-state index is 12.3. The lowest BCUT2D eigenvalue weighted by atomic mass is 10.1. The first kappa shape index (κ1) is 17.8. The molecule has 0 amide bonds. The Morgan fingerprint density at radius 1 is 1.25 bits per heavy atom. The van der Waals surface area contributed by atoms with Crippen LogP contribution in [0.2, 0.25) is 0 Å². The summed E-state index contributed by atoms with van der Waals surface area (Å²) >= 11 is 0. The number of benzene rings is 1. The molecule has 6 nitrogen and oxygen atoms in total. The second kappa shape index (κ2) is 8.38. The van der Waals surface area contributed by atoms with E-state index in [1.54, 1.807) is 31.2 Å². The molecule has 0 N–H and O–H groups in total. The summed E-state index contributed by atoms with van der Waals surface area (Å²) in [5.74, 6) is 0.489. The summed E-state index contributed by atoms with van der Waals surface area (Å²) in [7, 11) is 0. The molecule has 2 rings (SSSR count). The van der Waals surface area contributed by atoms with E-state index in [9.17, 15) is 9.59 Å². The van der Waals surface area contributed by atoms with Gasteiger partial charge < -0.3 is 18.9 Å². The zero-order chi connectivity index (χ0) is 17.5. The molecule has 0 fully saturated rings. The van der Waals surface area contributed by atoms with Gasteiger partial charge in [0.15, 0.2) is 11.5 Å². The van der Waals surface area contributed by atoms with Gasteiger partial charge in [-0.2, -0.15) is 0 Å². The van der Waals surface area contributed by atoms with Crippen LogP contribution in [0.15, 0.2) is 30.4 Å². The highest BCUT2D eigenvalue weighted by Crippen LogP contribution is 2.32. The molecule has 1 aromatic rings.